The van der Waals surface area contributed by atoms with Gasteiger partial charge in [-0.2, -0.15) is 0 Å². The van der Waals surface area contributed by atoms with Gasteiger partial charge in [0.1, 0.15) is 5.75 Å². The lowest BCUT2D eigenvalue weighted by Crippen LogP contribution is -2.32. The second kappa shape index (κ2) is 7.61. The summed E-state index contributed by atoms with van der Waals surface area (Å²) in [4.78, 5) is 12.2. The fraction of sp³-hybridized carbons (Fsp3) is 0.278. The molecule has 2 aromatic carbocycles. The normalized spacial score (nSPS) is 13.2. The molecule has 2 N–H and O–H groups in total. The summed E-state index contributed by atoms with van der Waals surface area (Å²) in [5.41, 5.74) is 1.57. The predicted octanol–water partition coefficient (Wildman–Crippen LogP) is 3.00. The van der Waals surface area contributed by atoms with Crippen molar-refractivity contribution >= 4 is 5.91 Å². The molecule has 4 heteroatoms. The number of benzene rings is 2. The molecule has 0 aliphatic rings. The van der Waals surface area contributed by atoms with E-state index in [-0.39, 0.29) is 6.04 Å². The molecular formula is C18H21NO3. The summed E-state index contributed by atoms with van der Waals surface area (Å²) in [6.07, 6.45) is -0.423. The molecule has 2 rings (SSSR count). The predicted molar refractivity (Wildman–Crippen MR) is 85.6 cm³/mol. The van der Waals surface area contributed by atoms with Crippen molar-refractivity contribution in [2.24, 2.45) is 0 Å². The van der Waals surface area contributed by atoms with Crippen molar-refractivity contribution in [2.75, 3.05) is 7.11 Å². The molecular weight excluding hydrogens is 278 g/mol. The van der Waals surface area contributed by atoms with Gasteiger partial charge in [0.2, 0.25) is 0 Å². The van der Waals surface area contributed by atoms with Gasteiger partial charge in [0.15, 0.2) is 6.10 Å². The highest BCUT2D eigenvalue weighted by molar-refractivity contribution is 5.82. The van der Waals surface area contributed by atoms with Gasteiger partial charge in [0, 0.05) is 0 Å². The first-order valence-corrected chi connectivity index (χ1v) is 7.33. The van der Waals surface area contributed by atoms with Crippen LogP contribution < -0.4 is 10.1 Å². The van der Waals surface area contributed by atoms with E-state index in [0.717, 1.165) is 17.7 Å². The van der Waals surface area contributed by atoms with E-state index in [1.54, 1.807) is 31.4 Å². The van der Waals surface area contributed by atoms with Crippen LogP contribution >= 0.6 is 0 Å². The van der Waals surface area contributed by atoms with Crippen molar-refractivity contribution in [3.63, 3.8) is 0 Å². The van der Waals surface area contributed by atoms with Crippen molar-refractivity contribution < 1.29 is 14.6 Å². The zero-order valence-corrected chi connectivity index (χ0v) is 12.8. The van der Waals surface area contributed by atoms with Gasteiger partial charge in [-0.25, -0.2) is 0 Å². The minimum atomic E-state index is -1.16. The third-order valence-corrected chi connectivity index (χ3v) is 3.61. The van der Waals surface area contributed by atoms with Crippen LogP contribution in [0.1, 0.15) is 36.6 Å². The maximum absolute atomic E-state index is 12.2. The molecule has 2 unspecified atom stereocenters. The Labute approximate surface area is 130 Å². The van der Waals surface area contributed by atoms with E-state index in [2.05, 4.69) is 5.32 Å². The number of amides is 1. The van der Waals surface area contributed by atoms with Gasteiger partial charge in [-0.05, 0) is 29.7 Å². The lowest BCUT2D eigenvalue weighted by Gasteiger charge is -2.20. The van der Waals surface area contributed by atoms with E-state index in [4.69, 9.17) is 4.74 Å². The van der Waals surface area contributed by atoms with Gasteiger partial charge in [-0.1, -0.05) is 49.4 Å². The van der Waals surface area contributed by atoms with E-state index in [0.29, 0.717) is 5.56 Å². The lowest BCUT2D eigenvalue weighted by atomic mass is 10.0. The Morgan fingerprint density at radius 2 is 1.73 bits per heavy atom. The second-order valence-corrected chi connectivity index (χ2v) is 5.06. The van der Waals surface area contributed by atoms with Crippen LogP contribution in [-0.2, 0) is 4.79 Å². The number of methoxy groups -OCH3 is 1. The van der Waals surface area contributed by atoms with Gasteiger partial charge < -0.3 is 15.2 Å². The molecule has 1 amide bonds. The number of nitrogens with one attached hydrogen (secondary N) is 1. The van der Waals surface area contributed by atoms with Crippen LogP contribution in [0, 0.1) is 0 Å². The van der Waals surface area contributed by atoms with Crippen LogP contribution in [0.15, 0.2) is 54.6 Å². The molecule has 4 nitrogen and oxygen atoms in total. The van der Waals surface area contributed by atoms with Crippen LogP contribution in [0.2, 0.25) is 0 Å². The van der Waals surface area contributed by atoms with Gasteiger partial charge in [-0.3, -0.25) is 4.79 Å². The molecule has 22 heavy (non-hydrogen) atoms. The number of aliphatic hydroxyl groups excluding tert-OH is 1. The smallest absolute Gasteiger partial charge is 0.253 e. The third kappa shape index (κ3) is 3.86. The fourth-order valence-corrected chi connectivity index (χ4v) is 2.29. The molecule has 0 spiro atoms. The molecule has 0 aromatic heterocycles. The first-order valence-electron chi connectivity index (χ1n) is 7.33. The van der Waals surface area contributed by atoms with Crippen molar-refractivity contribution in [3.8, 4) is 5.75 Å². The monoisotopic (exact) mass is 299 g/mol. The summed E-state index contributed by atoms with van der Waals surface area (Å²) in [5.74, 6) is 0.378. The summed E-state index contributed by atoms with van der Waals surface area (Å²) in [6.45, 7) is 1.99. The topological polar surface area (TPSA) is 58.6 Å². The zero-order chi connectivity index (χ0) is 15.9. The molecule has 0 fully saturated rings. The summed E-state index contributed by atoms with van der Waals surface area (Å²) >= 11 is 0. The largest absolute Gasteiger partial charge is 0.497 e. The maximum atomic E-state index is 12.2. The first-order chi connectivity index (χ1) is 10.7. The van der Waals surface area contributed by atoms with Gasteiger partial charge in [-0.15, -0.1) is 0 Å². The number of ether oxygens (including phenoxy) is 1. The van der Waals surface area contributed by atoms with E-state index in [9.17, 15) is 9.90 Å². The van der Waals surface area contributed by atoms with E-state index < -0.39 is 12.0 Å². The summed E-state index contributed by atoms with van der Waals surface area (Å²) in [6, 6.07) is 16.3. The maximum Gasteiger partial charge on any atom is 0.253 e. The minimum absolute atomic E-state index is 0.142. The minimum Gasteiger partial charge on any atom is -0.497 e. The number of rotatable bonds is 6. The molecule has 116 valence electrons. The average Bonchev–Trinajstić information content (AvgIpc) is 2.59. The zero-order valence-electron chi connectivity index (χ0n) is 12.8. The summed E-state index contributed by atoms with van der Waals surface area (Å²) in [5, 5.41) is 13.0. The Balaban J connectivity index is 2.07. The Hall–Kier alpha value is -2.33. The molecule has 0 radical (unpaired) electrons. The number of carbonyl (C=O) groups is 1. The number of hydrogen-bond acceptors (Lipinski definition) is 3. The molecule has 0 aliphatic carbocycles. The highest BCUT2D eigenvalue weighted by Crippen LogP contribution is 2.21. The third-order valence-electron chi connectivity index (χ3n) is 3.61. The van der Waals surface area contributed by atoms with E-state index in [1.165, 1.54) is 0 Å². The van der Waals surface area contributed by atoms with Crippen molar-refractivity contribution in [2.45, 2.75) is 25.5 Å². The Kier molecular flexibility index (Phi) is 5.55. The number of carbonyl (C=O) groups excluding carboxylic acids is 1. The summed E-state index contributed by atoms with van der Waals surface area (Å²) in [7, 11) is 1.62. The van der Waals surface area contributed by atoms with E-state index in [1.807, 2.05) is 37.3 Å². The molecule has 0 saturated heterocycles. The SMILES string of the molecule is CCC(NC(=O)C(O)c1ccccc1)c1ccc(OC)cc1. The first kappa shape index (κ1) is 16.0. The molecule has 2 aromatic rings. The Morgan fingerprint density at radius 1 is 1.09 bits per heavy atom. The second-order valence-electron chi connectivity index (χ2n) is 5.06. The lowest BCUT2D eigenvalue weighted by molar-refractivity contribution is -0.130. The van der Waals surface area contributed by atoms with Crippen LogP contribution in [0.5, 0.6) is 5.75 Å². The quantitative estimate of drug-likeness (QED) is 0.862. The van der Waals surface area contributed by atoms with Gasteiger partial charge in [0.25, 0.3) is 5.91 Å². The van der Waals surface area contributed by atoms with Gasteiger partial charge in [0.05, 0.1) is 13.2 Å². The Morgan fingerprint density at radius 3 is 2.27 bits per heavy atom. The van der Waals surface area contributed by atoms with Crippen LogP contribution in [0.4, 0.5) is 0 Å². The van der Waals surface area contributed by atoms with Crippen molar-refractivity contribution in [3.05, 3.63) is 65.7 Å². The van der Waals surface area contributed by atoms with E-state index >= 15 is 0 Å². The fourth-order valence-electron chi connectivity index (χ4n) is 2.29. The highest BCUT2D eigenvalue weighted by Gasteiger charge is 2.20. The standard InChI is InChI=1S/C18H21NO3/c1-3-16(13-9-11-15(22-2)12-10-13)19-18(21)17(20)14-7-5-4-6-8-14/h4-12,16-17,20H,3H2,1-2H3,(H,19,21). The van der Waals surface area contributed by atoms with Crippen LogP contribution in [0.25, 0.3) is 0 Å². The molecule has 0 bridgehead atoms. The van der Waals surface area contributed by atoms with Crippen LogP contribution in [-0.4, -0.2) is 18.1 Å². The van der Waals surface area contributed by atoms with Crippen molar-refractivity contribution in [1.82, 2.24) is 5.32 Å². The number of aliphatic hydroxyl groups is 1. The number of hydrogen-bond donors (Lipinski definition) is 2. The average molecular weight is 299 g/mol. The van der Waals surface area contributed by atoms with Crippen LogP contribution in [0.3, 0.4) is 0 Å². The molecule has 0 saturated carbocycles. The van der Waals surface area contributed by atoms with Gasteiger partial charge >= 0.3 is 0 Å². The summed E-state index contributed by atoms with van der Waals surface area (Å²) < 4.78 is 5.13. The highest BCUT2D eigenvalue weighted by atomic mass is 16.5. The molecule has 2 atom stereocenters. The van der Waals surface area contributed by atoms with Crippen molar-refractivity contribution in [1.29, 1.82) is 0 Å². The molecule has 0 aliphatic heterocycles. The Bertz CT molecular complexity index is 595. The molecule has 0 heterocycles.